The lowest BCUT2D eigenvalue weighted by Gasteiger charge is -2.33. The van der Waals surface area contributed by atoms with Gasteiger partial charge in [-0.2, -0.15) is 0 Å². The van der Waals surface area contributed by atoms with E-state index < -0.39 is 0 Å². The van der Waals surface area contributed by atoms with Crippen molar-refractivity contribution in [1.82, 2.24) is 5.32 Å². The molecule has 1 saturated carbocycles. The first kappa shape index (κ1) is 14.3. The van der Waals surface area contributed by atoms with Crippen molar-refractivity contribution in [2.75, 3.05) is 0 Å². The maximum absolute atomic E-state index is 13.7. The van der Waals surface area contributed by atoms with Crippen molar-refractivity contribution < 1.29 is 4.39 Å². The summed E-state index contributed by atoms with van der Waals surface area (Å²) in [7, 11) is 0. The second kappa shape index (κ2) is 6.86. The van der Waals surface area contributed by atoms with Gasteiger partial charge in [-0.25, -0.2) is 4.39 Å². The highest BCUT2D eigenvalue weighted by atomic mass is 19.1. The standard InChI is InChI=1S/C19H22FN/c20-18-12-6-4-10-16(18)14-21-19-13-7-5-11-17(19)15-8-2-1-3-9-15/h1-4,6,8-10,12,17,19,21H,5,7,11,13-14H2. The van der Waals surface area contributed by atoms with Crippen LogP contribution in [0, 0.1) is 5.82 Å². The predicted octanol–water partition coefficient (Wildman–Crippen LogP) is 4.64. The molecule has 2 heteroatoms. The molecule has 0 spiro atoms. The van der Waals surface area contributed by atoms with Crippen molar-refractivity contribution in [3.8, 4) is 0 Å². The van der Waals surface area contributed by atoms with Crippen LogP contribution < -0.4 is 5.32 Å². The van der Waals surface area contributed by atoms with E-state index in [1.807, 2.05) is 12.1 Å². The van der Waals surface area contributed by atoms with Gasteiger partial charge in [0, 0.05) is 18.2 Å². The quantitative estimate of drug-likeness (QED) is 0.861. The third-order valence-corrected chi connectivity index (χ3v) is 4.51. The molecule has 2 aromatic carbocycles. The lowest BCUT2D eigenvalue weighted by Crippen LogP contribution is -2.37. The van der Waals surface area contributed by atoms with Crippen LogP contribution in [0.25, 0.3) is 0 Å². The molecule has 0 aliphatic heterocycles. The zero-order chi connectivity index (χ0) is 14.5. The Bertz CT molecular complexity index is 567. The van der Waals surface area contributed by atoms with Gasteiger partial charge in [0.05, 0.1) is 0 Å². The zero-order valence-electron chi connectivity index (χ0n) is 12.3. The molecule has 21 heavy (non-hydrogen) atoms. The Morgan fingerprint density at radius 2 is 1.62 bits per heavy atom. The minimum Gasteiger partial charge on any atom is -0.309 e. The van der Waals surface area contributed by atoms with Crippen LogP contribution in [-0.2, 0) is 6.54 Å². The summed E-state index contributed by atoms with van der Waals surface area (Å²) >= 11 is 0. The number of halogens is 1. The molecule has 0 saturated heterocycles. The van der Waals surface area contributed by atoms with Crippen LogP contribution >= 0.6 is 0 Å². The van der Waals surface area contributed by atoms with E-state index in [1.54, 1.807) is 6.07 Å². The fraction of sp³-hybridized carbons (Fsp3) is 0.368. The monoisotopic (exact) mass is 283 g/mol. The summed E-state index contributed by atoms with van der Waals surface area (Å²) in [6.45, 7) is 0.612. The van der Waals surface area contributed by atoms with Gasteiger partial charge in [0.15, 0.2) is 0 Å². The second-order valence-corrected chi connectivity index (χ2v) is 5.88. The van der Waals surface area contributed by atoms with Gasteiger partial charge in [-0.05, 0) is 30.4 Å². The van der Waals surface area contributed by atoms with E-state index in [1.165, 1.54) is 37.3 Å². The highest BCUT2D eigenvalue weighted by Gasteiger charge is 2.25. The lowest BCUT2D eigenvalue weighted by molar-refractivity contribution is 0.324. The first-order valence-corrected chi connectivity index (χ1v) is 7.86. The molecule has 0 bridgehead atoms. The van der Waals surface area contributed by atoms with Crippen molar-refractivity contribution in [3.05, 3.63) is 71.5 Å². The molecule has 1 aliphatic carbocycles. The fourth-order valence-corrected chi connectivity index (χ4v) is 3.36. The first-order chi connectivity index (χ1) is 10.3. The highest BCUT2D eigenvalue weighted by Crippen LogP contribution is 2.33. The molecular formula is C19H22FN. The Balaban J connectivity index is 1.69. The number of rotatable bonds is 4. The van der Waals surface area contributed by atoms with E-state index in [2.05, 4.69) is 35.6 Å². The molecular weight excluding hydrogens is 261 g/mol. The molecule has 0 aromatic heterocycles. The topological polar surface area (TPSA) is 12.0 Å². The van der Waals surface area contributed by atoms with Gasteiger partial charge in [-0.1, -0.05) is 61.4 Å². The molecule has 1 aliphatic rings. The number of benzene rings is 2. The summed E-state index contributed by atoms with van der Waals surface area (Å²) in [5.74, 6) is 0.434. The highest BCUT2D eigenvalue weighted by molar-refractivity contribution is 5.22. The van der Waals surface area contributed by atoms with Crippen molar-refractivity contribution >= 4 is 0 Å². The number of nitrogens with one attached hydrogen (secondary N) is 1. The average molecular weight is 283 g/mol. The summed E-state index contributed by atoms with van der Waals surface area (Å²) in [5, 5.41) is 3.59. The SMILES string of the molecule is Fc1ccccc1CNC1CCCCC1c1ccccc1. The van der Waals surface area contributed by atoms with E-state index in [-0.39, 0.29) is 5.82 Å². The van der Waals surface area contributed by atoms with Gasteiger partial charge >= 0.3 is 0 Å². The molecule has 2 aromatic rings. The Hall–Kier alpha value is -1.67. The molecule has 2 atom stereocenters. The van der Waals surface area contributed by atoms with Crippen LogP contribution in [0.2, 0.25) is 0 Å². The predicted molar refractivity (Wildman–Crippen MR) is 84.7 cm³/mol. The maximum atomic E-state index is 13.7. The molecule has 2 unspecified atom stereocenters. The molecule has 3 rings (SSSR count). The lowest BCUT2D eigenvalue weighted by atomic mass is 9.80. The summed E-state index contributed by atoms with van der Waals surface area (Å²) in [6, 6.07) is 18.2. The zero-order valence-corrected chi connectivity index (χ0v) is 12.3. The third kappa shape index (κ3) is 3.51. The summed E-state index contributed by atoms with van der Waals surface area (Å²) in [4.78, 5) is 0. The fourth-order valence-electron chi connectivity index (χ4n) is 3.36. The molecule has 0 radical (unpaired) electrons. The summed E-state index contributed by atoms with van der Waals surface area (Å²) in [5.41, 5.74) is 2.16. The number of hydrogen-bond donors (Lipinski definition) is 1. The molecule has 110 valence electrons. The van der Waals surface area contributed by atoms with Crippen LogP contribution in [0.15, 0.2) is 54.6 Å². The van der Waals surface area contributed by atoms with Gasteiger partial charge < -0.3 is 5.32 Å². The van der Waals surface area contributed by atoms with Crippen molar-refractivity contribution in [3.63, 3.8) is 0 Å². The minimum absolute atomic E-state index is 0.114. The summed E-state index contributed by atoms with van der Waals surface area (Å²) < 4.78 is 13.7. The third-order valence-electron chi connectivity index (χ3n) is 4.51. The molecule has 0 heterocycles. The Labute approximate surface area is 126 Å². The first-order valence-electron chi connectivity index (χ1n) is 7.86. The van der Waals surface area contributed by atoms with Crippen LogP contribution in [0.5, 0.6) is 0 Å². The van der Waals surface area contributed by atoms with E-state index in [9.17, 15) is 4.39 Å². The van der Waals surface area contributed by atoms with Gasteiger partial charge in [-0.15, -0.1) is 0 Å². The van der Waals surface area contributed by atoms with Gasteiger partial charge in [0.25, 0.3) is 0 Å². The maximum Gasteiger partial charge on any atom is 0.127 e. The largest absolute Gasteiger partial charge is 0.309 e. The molecule has 1 fully saturated rings. The average Bonchev–Trinajstić information content (AvgIpc) is 2.55. The van der Waals surface area contributed by atoms with E-state index in [4.69, 9.17) is 0 Å². The van der Waals surface area contributed by atoms with Crippen LogP contribution in [0.1, 0.15) is 42.7 Å². The molecule has 1 N–H and O–H groups in total. The van der Waals surface area contributed by atoms with Gasteiger partial charge in [0.1, 0.15) is 5.82 Å². The van der Waals surface area contributed by atoms with Crippen LogP contribution in [0.3, 0.4) is 0 Å². The smallest absolute Gasteiger partial charge is 0.127 e. The van der Waals surface area contributed by atoms with E-state index >= 15 is 0 Å². The van der Waals surface area contributed by atoms with Crippen molar-refractivity contribution in [2.24, 2.45) is 0 Å². The molecule has 0 amide bonds. The Morgan fingerprint density at radius 3 is 2.43 bits per heavy atom. The van der Waals surface area contributed by atoms with Crippen LogP contribution in [-0.4, -0.2) is 6.04 Å². The van der Waals surface area contributed by atoms with Crippen molar-refractivity contribution in [2.45, 2.75) is 44.2 Å². The Kier molecular flexibility index (Phi) is 4.66. The van der Waals surface area contributed by atoms with E-state index in [0.717, 1.165) is 5.56 Å². The normalized spacial score (nSPS) is 22.1. The Morgan fingerprint density at radius 1 is 0.905 bits per heavy atom. The second-order valence-electron chi connectivity index (χ2n) is 5.88. The molecule has 1 nitrogen and oxygen atoms in total. The van der Waals surface area contributed by atoms with Crippen molar-refractivity contribution in [1.29, 1.82) is 0 Å². The van der Waals surface area contributed by atoms with Gasteiger partial charge in [0.2, 0.25) is 0 Å². The van der Waals surface area contributed by atoms with Gasteiger partial charge in [-0.3, -0.25) is 0 Å². The summed E-state index contributed by atoms with van der Waals surface area (Å²) in [6.07, 6.45) is 4.95. The number of hydrogen-bond acceptors (Lipinski definition) is 1. The van der Waals surface area contributed by atoms with Crippen LogP contribution in [0.4, 0.5) is 4.39 Å². The van der Waals surface area contributed by atoms with E-state index in [0.29, 0.717) is 18.5 Å². The minimum atomic E-state index is -0.114.